The highest BCUT2D eigenvalue weighted by Gasteiger charge is 2.41. The molecule has 1 N–H and O–H groups in total. The Morgan fingerprint density at radius 1 is 0.968 bits per heavy atom. The third-order valence-electron chi connectivity index (χ3n) is 5.95. The Morgan fingerprint density at radius 3 is 2.61 bits per heavy atom. The van der Waals surface area contributed by atoms with Gasteiger partial charge in [0.1, 0.15) is 24.2 Å². The van der Waals surface area contributed by atoms with Crippen molar-refractivity contribution in [3.05, 3.63) is 107 Å². The van der Waals surface area contributed by atoms with Gasteiger partial charge in [-0.25, -0.2) is 4.68 Å². The quantitative estimate of drug-likeness (QED) is 0.515. The molecular weight excluding hydrogens is 386 g/mol. The van der Waals surface area contributed by atoms with E-state index in [1.807, 2.05) is 16.9 Å². The standard InChI is InChI=1S/C25H21N5O/c1-15-5-8-17(9-6-15)24-21-22(19-12-16(2)7-10-20(19)31-24)29-25-27-14-28-30(25)23(21)18-4-3-11-26-13-18/h3-14,23-24H,1-2H3,(H,27,28,29)/t23-,24+/m1/s1. The molecule has 2 atom stereocenters. The molecule has 2 aliphatic rings. The largest absolute Gasteiger partial charge is 0.480 e. The molecule has 0 bridgehead atoms. The number of aryl methyl sites for hydroxylation is 2. The number of rotatable bonds is 2. The predicted molar refractivity (Wildman–Crippen MR) is 119 cm³/mol. The maximum absolute atomic E-state index is 6.65. The Balaban J connectivity index is 1.64. The first kappa shape index (κ1) is 17.9. The average molecular weight is 407 g/mol. The molecule has 6 rings (SSSR count). The normalized spacial score (nSPS) is 19.0. The Bertz CT molecular complexity index is 1310. The van der Waals surface area contributed by atoms with Crippen LogP contribution in [0.15, 0.2) is 78.9 Å². The van der Waals surface area contributed by atoms with Crippen molar-refractivity contribution in [1.29, 1.82) is 0 Å². The number of benzene rings is 2. The van der Waals surface area contributed by atoms with Crippen molar-refractivity contribution in [2.24, 2.45) is 0 Å². The summed E-state index contributed by atoms with van der Waals surface area (Å²) in [6.45, 7) is 4.19. The number of ether oxygens (including phenoxy) is 1. The maximum Gasteiger partial charge on any atom is 0.226 e. The van der Waals surface area contributed by atoms with E-state index < -0.39 is 0 Å². The third-order valence-corrected chi connectivity index (χ3v) is 5.95. The summed E-state index contributed by atoms with van der Waals surface area (Å²) < 4.78 is 8.56. The number of hydrogen-bond acceptors (Lipinski definition) is 5. The van der Waals surface area contributed by atoms with E-state index in [1.165, 1.54) is 11.1 Å². The highest BCUT2D eigenvalue weighted by Crippen LogP contribution is 2.50. The second kappa shape index (κ2) is 6.80. The predicted octanol–water partition coefficient (Wildman–Crippen LogP) is 4.85. The van der Waals surface area contributed by atoms with E-state index in [0.29, 0.717) is 5.95 Å². The summed E-state index contributed by atoms with van der Waals surface area (Å²) in [4.78, 5) is 8.85. The first-order valence-corrected chi connectivity index (χ1v) is 10.3. The van der Waals surface area contributed by atoms with Crippen LogP contribution in [-0.2, 0) is 0 Å². The molecule has 0 saturated carbocycles. The molecule has 2 aliphatic heterocycles. The minimum atomic E-state index is -0.263. The molecule has 0 radical (unpaired) electrons. The van der Waals surface area contributed by atoms with Crippen molar-refractivity contribution in [3.63, 3.8) is 0 Å². The Hall–Kier alpha value is -3.93. The average Bonchev–Trinajstić information content (AvgIpc) is 3.27. The van der Waals surface area contributed by atoms with Gasteiger partial charge in [0, 0.05) is 23.5 Å². The lowest BCUT2D eigenvalue weighted by molar-refractivity contribution is 0.223. The molecule has 4 heterocycles. The zero-order valence-electron chi connectivity index (χ0n) is 17.3. The summed E-state index contributed by atoms with van der Waals surface area (Å²) in [5, 5.41) is 8.09. The van der Waals surface area contributed by atoms with Gasteiger partial charge in [0.25, 0.3) is 0 Å². The fourth-order valence-electron chi connectivity index (χ4n) is 4.46. The fraction of sp³-hybridized carbons (Fsp3) is 0.160. The number of hydrogen-bond donors (Lipinski definition) is 1. The number of fused-ring (bicyclic) bond motifs is 3. The maximum atomic E-state index is 6.65. The minimum absolute atomic E-state index is 0.178. The van der Waals surface area contributed by atoms with Crippen molar-refractivity contribution in [2.45, 2.75) is 26.0 Å². The summed E-state index contributed by atoms with van der Waals surface area (Å²) in [7, 11) is 0. The van der Waals surface area contributed by atoms with Gasteiger partial charge in [0.15, 0.2) is 0 Å². The van der Waals surface area contributed by atoms with Crippen molar-refractivity contribution in [3.8, 4) is 5.75 Å². The molecule has 6 nitrogen and oxygen atoms in total. The van der Waals surface area contributed by atoms with Crippen LogP contribution < -0.4 is 10.1 Å². The zero-order valence-corrected chi connectivity index (χ0v) is 17.3. The number of nitrogens with zero attached hydrogens (tertiary/aromatic N) is 4. The molecule has 0 aliphatic carbocycles. The first-order chi connectivity index (χ1) is 15.2. The van der Waals surface area contributed by atoms with Crippen LogP contribution in [0.5, 0.6) is 5.75 Å². The van der Waals surface area contributed by atoms with Gasteiger partial charge >= 0.3 is 0 Å². The van der Waals surface area contributed by atoms with Crippen LogP contribution in [0.2, 0.25) is 0 Å². The summed E-state index contributed by atoms with van der Waals surface area (Å²) in [6.07, 6.45) is 5.00. The van der Waals surface area contributed by atoms with Gasteiger partial charge in [0.05, 0.1) is 5.70 Å². The Morgan fingerprint density at radius 2 is 1.81 bits per heavy atom. The lowest BCUT2D eigenvalue weighted by atomic mass is 9.84. The second-order valence-corrected chi connectivity index (χ2v) is 8.08. The summed E-state index contributed by atoms with van der Waals surface area (Å²) >= 11 is 0. The Kier molecular flexibility index (Phi) is 3.93. The van der Waals surface area contributed by atoms with Gasteiger partial charge < -0.3 is 10.1 Å². The molecule has 31 heavy (non-hydrogen) atoms. The van der Waals surface area contributed by atoms with E-state index in [0.717, 1.165) is 33.7 Å². The molecule has 0 amide bonds. The van der Waals surface area contributed by atoms with E-state index in [2.05, 4.69) is 82.8 Å². The molecule has 4 aromatic rings. The van der Waals surface area contributed by atoms with Crippen molar-refractivity contribution in [1.82, 2.24) is 19.7 Å². The van der Waals surface area contributed by atoms with Crippen LogP contribution in [0.3, 0.4) is 0 Å². The zero-order chi connectivity index (χ0) is 20.9. The van der Waals surface area contributed by atoms with Crippen molar-refractivity contribution in [2.75, 3.05) is 5.32 Å². The molecule has 152 valence electrons. The molecule has 0 saturated heterocycles. The number of nitrogens with one attached hydrogen (secondary N) is 1. The van der Waals surface area contributed by atoms with E-state index in [1.54, 1.807) is 12.5 Å². The van der Waals surface area contributed by atoms with E-state index in [-0.39, 0.29) is 12.1 Å². The van der Waals surface area contributed by atoms with E-state index in [9.17, 15) is 0 Å². The van der Waals surface area contributed by atoms with E-state index in [4.69, 9.17) is 4.74 Å². The number of anilines is 1. The smallest absolute Gasteiger partial charge is 0.226 e. The summed E-state index contributed by atoms with van der Waals surface area (Å²) in [5.41, 5.74) is 7.71. The lowest BCUT2D eigenvalue weighted by Gasteiger charge is -2.39. The molecular formula is C25H21N5O. The lowest BCUT2D eigenvalue weighted by Crippen LogP contribution is -2.32. The highest BCUT2D eigenvalue weighted by molar-refractivity contribution is 5.85. The molecule has 2 aromatic carbocycles. The summed E-state index contributed by atoms with van der Waals surface area (Å²) in [6, 6.07) is 18.7. The van der Waals surface area contributed by atoms with Crippen LogP contribution in [0, 0.1) is 13.8 Å². The monoisotopic (exact) mass is 407 g/mol. The molecule has 0 spiro atoms. The SMILES string of the molecule is Cc1ccc([C@@H]2Oc3ccc(C)cc3C3=C2[C@@H](c2cccnc2)n2ncnc2N3)cc1. The molecule has 0 unspecified atom stereocenters. The number of pyridine rings is 1. The van der Waals surface area contributed by atoms with Gasteiger partial charge in [-0.3, -0.25) is 4.98 Å². The van der Waals surface area contributed by atoms with Crippen molar-refractivity contribution < 1.29 is 4.74 Å². The van der Waals surface area contributed by atoms with Crippen LogP contribution in [0.4, 0.5) is 5.95 Å². The summed E-state index contributed by atoms with van der Waals surface area (Å²) in [5.74, 6) is 1.57. The van der Waals surface area contributed by atoms with Crippen LogP contribution in [0.1, 0.15) is 40.0 Å². The van der Waals surface area contributed by atoms with Crippen LogP contribution in [-0.4, -0.2) is 19.7 Å². The fourth-order valence-corrected chi connectivity index (χ4v) is 4.46. The Labute approximate surface area is 180 Å². The third kappa shape index (κ3) is 2.83. The number of aromatic nitrogens is 4. The van der Waals surface area contributed by atoms with Gasteiger partial charge in [-0.2, -0.15) is 10.1 Å². The van der Waals surface area contributed by atoms with E-state index >= 15 is 0 Å². The van der Waals surface area contributed by atoms with Gasteiger partial charge in [-0.15, -0.1) is 0 Å². The second-order valence-electron chi connectivity index (χ2n) is 8.08. The molecule has 0 fully saturated rings. The van der Waals surface area contributed by atoms with Crippen LogP contribution >= 0.6 is 0 Å². The molecule has 6 heteroatoms. The topological polar surface area (TPSA) is 64.9 Å². The highest BCUT2D eigenvalue weighted by atomic mass is 16.5. The van der Waals surface area contributed by atoms with Gasteiger partial charge in [0.2, 0.25) is 5.95 Å². The molecule has 2 aromatic heterocycles. The van der Waals surface area contributed by atoms with Crippen molar-refractivity contribution >= 4 is 11.6 Å². The van der Waals surface area contributed by atoms with Gasteiger partial charge in [-0.05, 0) is 43.2 Å². The first-order valence-electron chi connectivity index (χ1n) is 10.3. The minimum Gasteiger partial charge on any atom is -0.480 e. The van der Waals surface area contributed by atoms with Gasteiger partial charge in [-0.1, -0.05) is 47.5 Å². The van der Waals surface area contributed by atoms with Crippen LogP contribution in [0.25, 0.3) is 5.70 Å².